The highest BCUT2D eigenvalue weighted by molar-refractivity contribution is 5.87. The summed E-state index contributed by atoms with van der Waals surface area (Å²) in [6.07, 6.45) is 0.306. The number of carboxylic acid groups (broad SMARTS) is 1. The fourth-order valence-electron chi connectivity index (χ4n) is 2.56. The molecule has 1 heterocycles. The molecule has 7 nitrogen and oxygen atoms in total. The van der Waals surface area contributed by atoms with Crippen molar-refractivity contribution >= 4 is 17.9 Å². The van der Waals surface area contributed by atoms with Crippen LogP contribution in [0.5, 0.6) is 0 Å². The van der Waals surface area contributed by atoms with Crippen LogP contribution in [0.15, 0.2) is 24.3 Å². The molecule has 0 saturated carbocycles. The van der Waals surface area contributed by atoms with Gasteiger partial charge in [0.2, 0.25) is 5.91 Å². The van der Waals surface area contributed by atoms with Crippen LogP contribution in [0.1, 0.15) is 36.2 Å². The number of rotatable bonds is 5. The third-order valence-electron chi connectivity index (χ3n) is 3.74. The van der Waals surface area contributed by atoms with Gasteiger partial charge in [-0.3, -0.25) is 4.79 Å². The first kappa shape index (κ1) is 16.8. The van der Waals surface area contributed by atoms with Gasteiger partial charge in [-0.2, -0.15) is 0 Å². The summed E-state index contributed by atoms with van der Waals surface area (Å²) in [5, 5.41) is 14.4. The third kappa shape index (κ3) is 4.45. The molecule has 2 rings (SSSR count). The summed E-state index contributed by atoms with van der Waals surface area (Å²) in [5.41, 5.74) is 0.880. The highest BCUT2D eigenvalue weighted by atomic mass is 16.4. The first-order valence-corrected chi connectivity index (χ1v) is 7.53. The van der Waals surface area contributed by atoms with Gasteiger partial charge in [-0.15, -0.1) is 0 Å². The Morgan fingerprint density at radius 1 is 1.39 bits per heavy atom. The zero-order valence-electron chi connectivity index (χ0n) is 13.2. The molecule has 3 N–H and O–H groups in total. The van der Waals surface area contributed by atoms with Crippen molar-refractivity contribution in [3.8, 4) is 0 Å². The van der Waals surface area contributed by atoms with Crippen LogP contribution in [0.4, 0.5) is 4.79 Å². The standard InChI is InChI=1S/C16H21N3O4/c1-10(2)19-9-13(7-14(19)20)18-16(23)17-8-11-4-3-5-12(6-11)15(21)22/h3-6,10,13H,7-9H2,1-2H3,(H,21,22)(H2,17,18,23). The van der Waals surface area contributed by atoms with Crippen molar-refractivity contribution in [2.24, 2.45) is 0 Å². The highest BCUT2D eigenvalue weighted by Crippen LogP contribution is 2.14. The minimum atomic E-state index is -1.01. The second-order valence-electron chi connectivity index (χ2n) is 5.87. The fourth-order valence-corrected chi connectivity index (χ4v) is 2.56. The van der Waals surface area contributed by atoms with Crippen LogP contribution in [-0.4, -0.2) is 46.5 Å². The van der Waals surface area contributed by atoms with Gasteiger partial charge in [0.1, 0.15) is 0 Å². The van der Waals surface area contributed by atoms with Gasteiger partial charge in [-0.1, -0.05) is 12.1 Å². The lowest BCUT2D eigenvalue weighted by Crippen LogP contribution is -2.43. The van der Waals surface area contributed by atoms with Crippen LogP contribution in [0.25, 0.3) is 0 Å². The fraction of sp³-hybridized carbons (Fsp3) is 0.438. The van der Waals surface area contributed by atoms with E-state index in [-0.39, 0.29) is 36.1 Å². The van der Waals surface area contributed by atoms with Crippen LogP contribution in [0.2, 0.25) is 0 Å². The van der Waals surface area contributed by atoms with Gasteiger partial charge in [0.25, 0.3) is 0 Å². The third-order valence-corrected chi connectivity index (χ3v) is 3.74. The van der Waals surface area contributed by atoms with Crippen molar-refractivity contribution in [1.29, 1.82) is 0 Å². The van der Waals surface area contributed by atoms with Crippen molar-refractivity contribution in [1.82, 2.24) is 15.5 Å². The Morgan fingerprint density at radius 2 is 2.13 bits per heavy atom. The predicted octanol–water partition coefficient (Wildman–Crippen LogP) is 1.19. The van der Waals surface area contributed by atoms with Crippen LogP contribution < -0.4 is 10.6 Å². The summed E-state index contributed by atoms with van der Waals surface area (Å²) in [4.78, 5) is 36.3. The number of carboxylic acids is 1. The molecule has 3 amide bonds. The summed E-state index contributed by atoms with van der Waals surface area (Å²) < 4.78 is 0. The lowest BCUT2D eigenvalue weighted by Gasteiger charge is -2.21. The van der Waals surface area contributed by atoms with E-state index in [2.05, 4.69) is 10.6 Å². The maximum atomic E-state index is 11.9. The first-order valence-electron chi connectivity index (χ1n) is 7.53. The zero-order chi connectivity index (χ0) is 17.0. The Hall–Kier alpha value is -2.57. The smallest absolute Gasteiger partial charge is 0.335 e. The SMILES string of the molecule is CC(C)N1CC(NC(=O)NCc2cccc(C(=O)O)c2)CC1=O. The van der Waals surface area contributed by atoms with Crippen LogP contribution in [0.3, 0.4) is 0 Å². The molecule has 1 saturated heterocycles. The summed E-state index contributed by atoms with van der Waals surface area (Å²) in [6, 6.07) is 5.94. The van der Waals surface area contributed by atoms with Crippen molar-refractivity contribution < 1.29 is 19.5 Å². The molecule has 23 heavy (non-hydrogen) atoms. The molecule has 0 radical (unpaired) electrons. The van der Waals surface area contributed by atoms with Crippen molar-refractivity contribution in [2.45, 2.75) is 38.9 Å². The molecule has 1 unspecified atom stereocenters. The number of aromatic carboxylic acids is 1. The predicted molar refractivity (Wildman–Crippen MR) is 84.0 cm³/mol. The van der Waals surface area contributed by atoms with Gasteiger partial charge in [0.05, 0.1) is 11.6 Å². The number of nitrogens with one attached hydrogen (secondary N) is 2. The van der Waals surface area contributed by atoms with Gasteiger partial charge in [0, 0.05) is 25.6 Å². The second-order valence-corrected chi connectivity index (χ2v) is 5.87. The monoisotopic (exact) mass is 319 g/mol. The zero-order valence-corrected chi connectivity index (χ0v) is 13.2. The number of benzene rings is 1. The largest absolute Gasteiger partial charge is 0.478 e. The van der Waals surface area contributed by atoms with E-state index < -0.39 is 5.97 Å². The molecule has 1 aliphatic heterocycles. The molecule has 0 aromatic heterocycles. The summed E-state index contributed by atoms with van der Waals surface area (Å²) in [5.74, 6) is -0.964. The van der Waals surface area contributed by atoms with E-state index in [4.69, 9.17) is 5.11 Å². The Morgan fingerprint density at radius 3 is 2.74 bits per heavy atom. The molecule has 1 atom stereocenters. The maximum absolute atomic E-state index is 11.9. The van der Waals surface area contributed by atoms with Gasteiger partial charge >= 0.3 is 12.0 Å². The average Bonchev–Trinajstić information content (AvgIpc) is 2.86. The Bertz CT molecular complexity index is 615. The Kier molecular flexibility index (Phi) is 5.20. The van der Waals surface area contributed by atoms with Crippen molar-refractivity contribution in [3.05, 3.63) is 35.4 Å². The van der Waals surface area contributed by atoms with Gasteiger partial charge in [0.15, 0.2) is 0 Å². The Labute approximate surface area is 134 Å². The van der Waals surface area contributed by atoms with E-state index in [1.807, 2.05) is 13.8 Å². The van der Waals surface area contributed by atoms with Gasteiger partial charge < -0.3 is 20.6 Å². The quantitative estimate of drug-likeness (QED) is 0.759. The summed E-state index contributed by atoms with van der Waals surface area (Å²) >= 11 is 0. The molecule has 1 fully saturated rings. The molecule has 124 valence electrons. The van der Waals surface area contributed by atoms with E-state index >= 15 is 0 Å². The molecule has 0 aliphatic carbocycles. The summed E-state index contributed by atoms with van der Waals surface area (Å²) in [7, 11) is 0. The minimum absolute atomic E-state index is 0.0412. The number of likely N-dealkylation sites (tertiary alicyclic amines) is 1. The number of carbonyl (C=O) groups is 3. The van der Waals surface area contributed by atoms with E-state index in [9.17, 15) is 14.4 Å². The number of carbonyl (C=O) groups excluding carboxylic acids is 2. The molecule has 0 spiro atoms. The normalized spacial score (nSPS) is 17.4. The van der Waals surface area contributed by atoms with E-state index in [0.29, 0.717) is 18.5 Å². The molecule has 0 bridgehead atoms. The lowest BCUT2D eigenvalue weighted by atomic mass is 10.1. The van der Waals surface area contributed by atoms with Crippen molar-refractivity contribution in [3.63, 3.8) is 0 Å². The second kappa shape index (κ2) is 7.13. The molecule has 1 aliphatic rings. The molecule has 7 heteroatoms. The topological polar surface area (TPSA) is 98.7 Å². The summed E-state index contributed by atoms with van der Waals surface area (Å²) in [6.45, 7) is 4.62. The van der Waals surface area contributed by atoms with E-state index in [1.165, 1.54) is 12.1 Å². The number of urea groups is 1. The lowest BCUT2D eigenvalue weighted by molar-refractivity contribution is -0.129. The number of hydrogen-bond donors (Lipinski definition) is 3. The molecular formula is C16H21N3O4. The molecule has 1 aromatic carbocycles. The Balaban J connectivity index is 1.83. The van der Waals surface area contributed by atoms with Crippen LogP contribution >= 0.6 is 0 Å². The average molecular weight is 319 g/mol. The maximum Gasteiger partial charge on any atom is 0.335 e. The molecular weight excluding hydrogens is 298 g/mol. The van der Waals surface area contributed by atoms with Gasteiger partial charge in [-0.05, 0) is 31.5 Å². The van der Waals surface area contributed by atoms with E-state index in [0.717, 1.165) is 0 Å². The number of hydrogen-bond acceptors (Lipinski definition) is 3. The van der Waals surface area contributed by atoms with Gasteiger partial charge in [-0.25, -0.2) is 9.59 Å². The number of amides is 3. The van der Waals surface area contributed by atoms with Crippen molar-refractivity contribution in [2.75, 3.05) is 6.54 Å². The minimum Gasteiger partial charge on any atom is -0.478 e. The van der Waals surface area contributed by atoms with Crippen LogP contribution in [0, 0.1) is 0 Å². The highest BCUT2D eigenvalue weighted by Gasteiger charge is 2.31. The van der Waals surface area contributed by atoms with Crippen LogP contribution in [-0.2, 0) is 11.3 Å². The number of nitrogens with zero attached hydrogens (tertiary/aromatic N) is 1. The molecule has 1 aromatic rings. The first-order chi connectivity index (χ1) is 10.9. The van der Waals surface area contributed by atoms with E-state index in [1.54, 1.807) is 17.0 Å².